The molecule has 0 saturated heterocycles. The molecular formula is C23H28N2O4. The molecule has 0 radical (unpaired) electrons. The predicted molar refractivity (Wildman–Crippen MR) is 110 cm³/mol. The summed E-state index contributed by atoms with van der Waals surface area (Å²) in [5.41, 5.74) is 3.30. The second-order valence-corrected chi connectivity index (χ2v) is 7.22. The van der Waals surface area contributed by atoms with Crippen LogP contribution in [0.5, 0.6) is 0 Å². The fraction of sp³-hybridized carbons (Fsp3) is 0.391. The van der Waals surface area contributed by atoms with Crippen LogP contribution in [-0.4, -0.2) is 61.6 Å². The summed E-state index contributed by atoms with van der Waals surface area (Å²) < 4.78 is 10.2. The Labute approximate surface area is 172 Å². The fourth-order valence-electron chi connectivity index (χ4n) is 3.69. The number of carbonyl (C=O) groups excluding carboxylic acids is 2. The van der Waals surface area contributed by atoms with Gasteiger partial charge >= 0.3 is 5.97 Å². The third-order valence-electron chi connectivity index (χ3n) is 5.26. The van der Waals surface area contributed by atoms with Crippen LogP contribution in [0.15, 0.2) is 54.6 Å². The normalized spacial score (nSPS) is 15.8. The van der Waals surface area contributed by atoms with E-state index in [1.54, 1.807) is 12.0 Å². The summed E-state index contributed by atoms with van der Waals surface area (Å²) in [6.45, 7) is 2.43. The van der Waals surface area contributed by atoms with Crippen LogP contribution in [0.25, 0.3) is 0 Å². The van der Waals surface area contributed by atoms with E-state index in [-0.39, 0.29) is 18.4 Å². The van der Waals surface area contributed by atoms with Crippen molar-refractivity contribution in [1.82, 2.24) is 9.80 Å². The first-order chi connectivity index (χ1) is 14.1. The molecule has 0 N–H and O–H groups in total. The molecule has 154 valence electrons. The molecule has 1 aliphatic rings. The molecule has 0 aliphatic carbocycles. The molecule has 29 heavy (non-hydrogen) atoms. The number of ether oxygens (including phenoxy) is 2. The van der Waals surface area contributed by atoms with Gasteiger partial charge in [-0.1, -0.05) is 54.6 Å². The van der Waals surface area contributed by atoms with Crippen LogP contribution in [0.3, 0.4) is 0 Å². The van der Waals surface area contributed by atoms with Gasteiger partial charge in [0.25, 0.3) is 0 Å². The smallest absolute Gasteiger partial charge is 0.328 e. The van der Waals surface area contributed by atoms with Crippen molar-refractivity contribution in [3.63, 3.8) is 0 Å². The molecule has 1 atom stereocenters. The van der Waals surface area contributed by atoms with Crippen LogP contribution < -0.4 is 0 Å². The molecule has 6 nitrogen and oxygen atoms in total. The van der Waals surface area contributed by atoms with Crippen LogP contribution >= 0.6 is 0 Å². The van der Waals surface area contributed by atoms with Crippen LogP contribution in [0.2, 0.25) is 0 Å². The van der Waals surface area contributed by atoms with Gasteiger partial charge < -0.3 is 14.4 Å². The lowest BCUT2D eigenvalue weighted by Crippen LogP contribution is -2.52. The number of fused-ring (bicyclic) bond motifs is 1. The van der Waals surface area contributed by atoms with Gasteiger partial charge in [-0.05, 0) is 16.7 Å². The van der Waals surface area contributed by atoms with Crippen molar-refractivity contribution >= 4 is 11.9 Å². The first-order valence-corrected chi connectivity index (χ1v) is 9.81. The molecule has 3 rings (SSSR count). The minimum absolute atomic E-state index is 0.0815. The third-order valence-corrected chi connectivity index (χ3v) is 5.26. The van der Waals surface area contributed by atoms with E-state index < -0.39 is 6.04 Å². The van der Waals surface area contributed by atoms with Gasteiger partial charge in [-0.2, -0.15) is 0 Å². The van der Waals surface area contributed by atoms with Gasteiger partial charge in [0.15, 0.2) is 0 Å². The van der Waals surface area contributed by atoms with E-state index in [0.29, 0.717) is 32.7 Å². The highest BCUT2D eigenvalue weighted by Crippen LogP contribution is 2.24. The summed E-state index contributed by atoms with van der Waals surface area (Å²) in [6.07, 6.45) is 0.478. The Morgan fingerprint density at radius 1 is 1.03 bits per heavy atom. The van der Waals surface area contributed by atoms with Crippen LogP contribution in [0, 0.1) is 0 Å². The highest BCUT2D eigenvalue weighted by Gasteiger charge is 2.35. The lowest BCUT2D eigenvalue weighted by Gasteiger charge is -2.36. The average Bonchev–Trinajstić information content (AvgIpc) is 2.76. The van der Waals surface area contributed by atoms with Gasteiger partial charge in [-0.3, -0.25) is 9.69 Å². The maximum atomic E-state index is 13.2. The molecule has 0 fully saturated rings. The van der Waals surface area contributed by atoms with E-state index in [0.717, 1.165) is 16.7 Å². The van der Waals surface area contributed by atoms with Crippen LogP contribution in [0.1, 0.15) is 16.7 Å². The Balaban J connectivity index is 1.76. The fourth-order valence-corrected chi connectivity index (χ4v) is 3.69. The predicted octanol–water partition coefficient (Wildman–Crippen LogP) is 2.26. The Morgan fingerprint density at radius 3 is 2.41 bits per heavy atom. The Morgan fingerprint density at radius 2 is 1.72 bits per heavy atom. The third kappa shape index (κ3) is 5.43. The van der Waals surface area contributed by atoms with E-state index >= 15 is 0 Å². The number of carbonyl (C=O) groups is 2. The van der Waals surface area contributed by atoms with Crippen molar-refractivity contribution in [2.24, 2.45) is 0 Å². The van der Waals surface area contributed by atoms with E-state index in [1.807, 2.05) is 54.6 Å². The van der Waals surface area contributed by atoms with Gasteiger partial charge in [0.1, 0.15) is 6.04 Å². The minimum Gasteiger partial charge on any atom is -0.467 e. The molecule has 2 aromatic carbocycles. The van der Waals surface area contributed by atoms with Crippen molar-refractivity contribution in [3.8, 4) is 0 Å². The van der Waals surface area contributed by atoms with Crippen molar-refractivity contribution in [2.45, 2.75) is 25.6 Å². The van der Waals surface area contributed by atoms with Gasteiger partial charge in [0, 0.05) is 33.2 Å². The molecule has 0 bridgehead atoms. The van der Waals surface area contributed by atoms with Crippen molar-refractivity contribution in [3.05, 3.63) is 71.3 Å². The van der Waals surface area contributed by atoms with Crippen molar-refractivity contribution < 1.29 is 19.1 Å². The van der Waals surface area contributed by atoms with E-state index in [1.165, 1.54) is 7.11 Å². The molecule has 1 aliphatic heterocycles. The molecule has 1 heterocycles. The number of amides is 1. The zero-order valence-corrected chi connectivity index (χ0v) is 17.0. The summed E-state index contributed by atoms with van der Waals surface area (Å²) in [7, 11) is 3.02. The number of hydrogen-bond acceptors (Lipinski definition) is 5. The number of hydrogen-bond donors (Lipinski definition) is 0. The molecule has 0 saturated carbocycles. The molecular weight excluding hydrogens is 368 g/mol. The second kappa shape index (κ2) is 10.2. The summed E-state index contributed by atoms with van der Waals surface area (Å²) in [5, 5.41) is 0. The van der Waals surface area contributed by atoms with Gasteiger partial charge in [-0.15, -0.1) is 0 Å². The minimum atomic E-state index is -0.594. The number of benzene rings is 2. The highest BCUT2D eigenvalue weighted by molar-refractivity contribution is 5.86. The number of rotatable bonds is 8. The first kappa shape index (κ1) is 21.0. The Hall–Kier alpha value is -2.70. The highest BCUT2D eigenvalue weighted by atomic mass is 16.5. The average molecular weight is 396 g/mol. The summed E-state index contributed by atoms with van der Waals surface area (Å²) in [4.78, 5) is 29.3. The SMILES string of the molecule is COCCN(CC(=O)N1Cc2ccccc2CC1C(=O)OC)Cc1ccccc1. The monoisotopic (exact) mass is 396 g/mol. The van der Waals surface area contributed by atoms with Crippen molar-refractivity contribution in [1.29, 1.82) is 0 Å². The lowest BCUT2D eigenvalue weighted by atomic mass is 9.94. The molecule has 1 unspecified atom stereocenters. The lowest BCUT2D eigenvalue weighted by molar-refractivity contribution is -0.154. The second-order valence-electron chi connectivity index (χ2n) is 7.22. The molecule has 1 amide bonds. The first-order valence-electron chi connectivity index (χ1n) is 9.81. The van der Waals surface area contributed by atoms with Gasteiger partial charge in [-0.25, -0.2) is 4.79 Å². The zero-order chi connectivity index (χ0) is 20.6. The number of nitrogens with zero attached hydrogens (tertiary/aromatic N) is 2. The van der Waals surface area contributed by atoms with Gasteiger partial charge in [0.2, 0.25) is 5.91 Å². The van der Waals surface area contributed by atoms with Crippen molar-refractivity contribution in [2.75, 3.05) is 33.9 Å². The Bertz CT molecular complexity index is 825. The number of esters is 1. The van der Waals surface area contributed by atoms with E-state index in [2.05, 4.69) is 4.90 Å². The maximum absolute atomic E-state index is 13.2. The molecule has 6 heteroatoms. The van der Waals surface area contributed by atoms with Crippen LogP contribution in [-0.2, 0) is 38.6 Å². The van der Waals surface area contributed by atoms with Gasteiger partial charge in [0.05, 0.1) is 20.3 Å². The zero-order valence-electron chi connectivity index (χ0n) is 17.0. The standard InChI is InChI=1S/C23H28N2O4/c1-28-13-12-24(15-18-8-4-3-5-9-18)17-22(26)25-16-20-11-7-6-10-19(20)14-21(25)23(27)29-2/h3-11,21H,12-17H2,1-2H3. The quantitative estimate of drug-likeness (QED) is 0.641. The molecule has 2 aromatic rings. The maximum Gasteiger partial charge on any atom is 0.328 e. The topological polar surface area (TPSA) is 59.1 Å². The Kier molecular flexibility index (Phi) is 7.38. The summed E-state index contributed by atoms with van der Waals surface area (Å²) >= 11 is 0. The molecule has 0 spiro atoms. The largest absolute Gasteiger partial charge is 0.467 e. The van der Waals surface area contributed by atoms with E-state index in [9.17, 15) is 9.59 Å². The number of methoxy groups -OCH3 is 2. The van der Waals surface area contributed by atoms with E-state index in [4.69, 9.17) is 9.47 Å². The summed E-state index contributed by atoms with van der Waals surface area (Å²) in [6, 6.07) is 17.4. The molecule has 0 aromatic heterocycles. The summed E-state index contributed by atoms with van der Waals surface area (Å²) in [5.74, 6) is -0.457. The van der Waals surface area contributed by atoms with Crippen LogP contribution in [0.4, 0.5) is 0 Å².